The zero-order valence-corrected chi connectivity index (χ0v) is 9.77. The van der Waals surface area contributed by atoms with E-state index in [9.17, 15) is 0 Å². The monoisotopic (exact) mass is 195 g/mol. The first kappa shape index (κ1) is 14.0. The van der Waals surface area contributed by atoms with E-state index in [0.29, 0.717) is 0 Å². The van der Waals surface area contributed by atoms with Crippen LogP contribution in [0.5, 0.6) is 0 Å². The van der Waals surface area contributed by atoms with Gasteiger partial charge in [-0.3, -0.25) is 0 Å². The molecule has 0 N–H and O–H groups in total. The quantitative estimate of drug-likeness (QED) is 0.400. The Kier molecular flexibility index (Phi) is 13.0. The lowest BCUT2D eigenvalue weighted by Crippen LogP contribution is -1.82. The molecule has 0 saturated heterocycles. The van der Waals surface area contributed by atoms with Crippen LogP contribution in [0.15, 0.2) is 0 Å². The fourth-order valence-electron chi connectivity index (χ4n) is 1.61. The second kappa shape index (κ2) is 13.0. The predicted octanol–water partition coefficient (Wildman–Crippen LogP) is 5.15. The summed E-state index contributed by atoms with van der Waals surface area (Å²) in [5, 5.41) is 0. The third-order valence-corrected chi connectivity index (χ3v) is 2.57. The highest BCUT2D eigenvalue weighted by Crippen LogP contribution is 2.10. The predicted molar refractivity (Wildman–Crippen MR) is 65.8 cm³/mol. The molecule has 14 heavy (non-hydrogen) atoms. The maximum Gasteiger partial charge on any atom is -0.0386 e. The molecule has 0 amide bonds. The van der Waals surface area contributed by atoms with Crippen LogP contribution in [0.4, 0.5) is 0 Å². The standard InChI is InChI=1S/C14H27/c1-3-5-7-9-11-13-14-12-10-8-6-4-2/h11H,1-10,12-14H2. The van der Waals surface area contributed by atoms with E-state index in [2.05, 4.69) is 20.3 Å². The Morgan fingerprint density at radius 2 is 1.00 bits per heavy atom. The number of hydrogen-bond acceptors (Lipinski definition) is 0. The van der Waals surface area contributed by atoms with Gasteiger partial charge in [0.2, 0.25) is 0 Å². The maximum atomic E-state index is 3.85. The summed E-state index contributed by atoms with van der Waals surface area (Å²) >= 11 is 0. The molecule has 0 unspecified atom stereocenters. The van der Waals surface area contributed by atoms with Crippen LogP contribution in [-0.4, -0.2) is 0 Å². The van der Waals surface area contributed by atoms with Crippen molar-refractivity contribution in [3.63, 3.8) is 0 Å². The van der Waals surface area contributed by atoms with Gasteiger partial charge in [-0.05, 0) is 6.42 Å². The molecule has 0 spiro atoms. The summed E-state index contributed by atoms with van der Waals surface area (Å²) in [4.78, 5) is 0. The van der Waals surface area contributed by atoms with Crippen molar-refractivity contribution in [2.45, 2.75) is 70.6 Å². The molecule has 0 bridgehead atoms. The van der Waals surface area contributed by atoms with Gasteiger partial charge in [-0.25, -0.2) is 0 Å². The average molecular weight is 195 g/mol. The van der Waals surface area contributed by atoms with Crippen molar-refractivity contribution < 1.29 is 0 Å². The van der Waals surface area contributed by atoms with Crippen LogP contribution in [0.25, 0.3) is 0 Å². The summed E-state index contributed by atoms with van der Waals surface area (Å²) in [6.07, 6.45) is 16.8. The van der Waals surface area contributed by atoms with Crippen molar-refractivity contribution in [3.05, 3.63) is 20.3 Å². The van der Waals surface area contributed by atoms with Crippen molar-refractivity contribution in [2.75, 3.05) is 0 Å². The second-order valence-corrected chi connectivity index (χ2v) is 4.05. The Hall–Kier alpha value is 0. The molecule has 0 aliphatic rings. The van der Waals surface area contributed by atoms with Crippen molar-refractivity contribution >= 4 is 0 Å². The Labute approximate surface area is 91.5 Å². The summed E-state index contributed by atoms with van der Waals surface area (Å²) in [7, 11) is 0. The molecule has 0 aliphatic carbocycles. The van der Waals surface area contributed by atoms with E-state index in [-0.39, 0.29) is 0 Å². The summed E-state index contributed by atoms with van der Waals surface area (Å²) in [6, 6.07) is 0. The molecule has 0 aromatic rings. The zero-order chi connectivity index (χ0) is 10.5. The molecule has 0 fully saturated rings. The Morgan fingerprint density at radius 3 is 1.64 bits per heavy atom. The molecule has 0 aliphatic heterocycles. The molecule has 0 aromatic carbocycles. The molecule has 83 valence electrons. The third-order valence-electron chi connectivity index (χ3n) is 2.57. The smallest absolute Gasteiger partial charge is 0.0386 e. The third kappa shape index (κ3) is 12.0. The molecule has 0 heteroatoms. The molecule has 0 aromatic heterocycles. The second-order valence-electron chi connectivity index (χ2n) is 4.05. The van der Waals surface area contributed by atoms with Gasteiger partial charge in [0.25, 0.3) is 0 Å². The first-order valence-electron chi connectivity index (χ1n) is 6.32. The molecule has 0 saturated carbocycles. The van der Waals surface area contributed by atoms with Gasteiger partial charge in [-0.1, -0.05) is 84.5 Å². The topological polar surface area (TPSA) is 0 Å². The van der Waals surface area contributed by atoms with Gasteiger partial charge in [-0.2, -0.15) is 0 Å². The fourth-order valence-corrected chi connectivity index (χ4v) is 1.61. The van der Waals surface area contributed by atoms with E-state index >= 15 is 0 Å². The summed E-state index contributed by atoms with van der Waals surface area (Å²) in [6.45, 7) is 7.69. The minimum absolute atomic E-state index is 1.10. The molecule has 0 nitrogen and oxygen atoms in total. The van der Waals surface area contributed by atoms with Crippen molar-refractivity contribution in [1.29, 1.82) is 0 Å². The van der Waals surface area contributed by atoms with Crippen LogP contribution < -0.4 is 0 Å². The number of hydrogen-bond donors (Lipinski definition) is 0. The molecular weight excluding hydrogens is 168 g/mol. The van der Waals surface area contributed by atoms with Crippen LogP contribution >= 0.6 is 0 Å². The highest BCUT2D eigenvalue weighted by Gasteiger charge is 1.91. The summed E-state index contributed by atoms with van der Waals surface area (Å²) < 4.78 is 0. The molecule has 0 heterocycles. The van der Waals surface area contributed by atoms with E-state index < -0.39 is 0 Å². The minimum Gasteiger partial charge on any atom is -0.0533 e. The van der Waals surface area contributed by atoms with E-state index in [4.69, 9.17) is 0 Å². The fraction of sp³-hybridized carbons (Fsp3) is 0.786. The SMILES string of the molecule is [CH2]CCCC[CH]CCCCCCC[CH2]. The Balaban J connectivity index is 2.78. The van der Waals surface area contributed by atoms with Gasteiger partial charge in [0.15, 0.2) is 0 Å². The van der Waals surface area contributed by atoms with E-state index in [1.54, 1.807) is 0 Å². The van der Waals surface area contributed by atoms with E-state index in [1.807, 2.05) is 0 Å². The van der Waals surface area contributed by atoms with E-state index in [1.165, 1.54) is 57.8 Å². The van der Waals surface area contributed by atoms with Crippen LogP contribution in [-0.2, 0) is 0 Å². The van der Waals surface area contributed by atoms with Gasteiger partial charge < -0.3 is 0 Å². The normalized spacial score (nSPS) is 10.7. The molecule has 3 radical (unpaired) electrons. The maximum absolute atomic E-state index is 3.85. The summed E-state index contributed by atoms with van der Waals surface area (Å²) in [5.74, 6) is 0. The van der Waals surface area contributed by atoms with Gasteiger partial charge >= 0.3 is 0 Å². The molecule has 0 rings (SSSR count). The average Bonchev–Trinajstić information content (AvgIpc) is 2.21. The lowest BCUT2D eigenvalue weighted by Gasteiger charge is -2.01. The van der Waals surface area contributed by atoms with Crippen LogP contribution in [0, 0.1) is 20.3 Å². The lowest BCUT2D eigenvalue weighted by atomic mass is 10.1. The van der Waals surface area contributed by atoms with Crippen LogP contribution in [0.2, 0.25) is 0 Å². The first-order valence-corrected chi connectivity index (χ1v) is 6.32. The molecule has 0 atom stereocenters. The van der Waals surface area contributed by atoms with Gasteiger partial charge in [-0.15, -0.1) is 0 Å². The largest absolute Gasteiger partial charge is 0.0533 e. The lowest BCUT2D eigenvalue weighted by molar-refractivity contribution is 0.603. The zero-order valence-electron chi connectivity index (χ0n) is 9.77. The van der Waals surface area contributed by atoms with Crippen LogP contribution in [0.1, 0.15) is 70.6 Å². The van der Waals surface area contributed by atoms with Crippen molar-refractivity contribution in [1.82, 2.24) is 0 Å². The Bertz CT molecular complexity index is 74.0. The van der Waals surface area contributed by atoms with Gasteiger partial charge in [0.1, 0.15) is 0 Å². The first-order chi connectivity index (χ1) is 6.91. The molecular formula is C14H27. The van der Waals surface area contributed by atoms with Crippen LogP contribution in [0.3, 0.4) is 0 Å². The highest BCUT2D eigenvalue weighted by molar-refractivity contribution is 4.64. The number of unbranched alkanes of at least 4 members (excludes halogenated alkanes) is 11. The van der Waals surface area contributed by atoms with Gasteiger partial charge in [0.05, 0.1) is 0 Å². The highest BCUT2D eigenvalue weighted by atomic mass is 14.0. The van der Waals surface area contributed by atoms with Gasteiger partial charge in [0, 0.05) is 0 Å². The van der Waals surface area contributed by atoms with Crippen molar-refractivity contribution in [3.8, 4) is 0 Å². The van der Waals surface area contributed by atoms with Crippen molar-refractivity contribution in [2.24, 2.45) is 0 Å². The Morgan fingerprint density at radius 1 is 0.571 bits per heavy atom. The minimum atomic E-state index is 1.10. The summed E-state index contributed by atoms with van der Waals surface area (Å²) in [5.41, 5.74) is 0. The number of rotatable bonds is 11. The van der Waals surface area contributed by atoms with E-state index in [0.717, 1.165) is 12.8 Å².